The van der Waals surface area contributed by atoms with E-state index in [0.717, 1.165) is 12.1 Å². The molecule has 168 valence electrons. The van der Waals surface area contributed by atoms with Crippen molar-refractivity contribution in [2.24, 2.45) is 0 Å². The minimum atomic E-state index is -3.73. The van der Waals surface area contributed by atoms with Crippen LogP contribution in [0.3, 0.4) is 0 Å². The zero-order chi connectivity index (χ0) is 22.7. The SMILES string of the molecule is O=C(CCCn1nnc2ccccc2c1=O)N1CCN(S(=O)(=O)c2ccc(F)cc2)CC1. The second kappa shape index (κ2) is 9.13. The number of fused-ring (bicyclic) bond motifs is 1. The predicted molar refractivity (Wildman–Crippen MR) is 115 cm³/mol. The highest BCUT2D eigenvalue weighted by Gasteiger charge is 2.29. The summed E-state index contributed by atoms with van der Waals surface area (Å²) in [7, 11) is -3.73. The standard InChI is InChI=1S/C21H22FN5O4S/c22-16-7-9-17(10-8-16)32(30,31)26-14-12-25(13-15-26)20(28)6-3-11-27-21(29)18-4-1-2-5-19(18)23-24-27/h1-2,4-5,7-10H,3,6,11-15H2. The van der Waals surface area contributed by atoms with E-state index in [1.807, 2.05) is 0 Å². The Hall–Kier alpha value is -3.18. The number of sulfonamides is 1. The van der Waals surface area contributed by atoms with Gasteiger partial charge in [0.2, 0.25) is 15.9 Å². The number of halogens is 1. The van der Waals surface area contributed by atoms with Gasteiger partial charge in [0.15, 0.2) is 0 Å². The molecule has 3 aromatic rings. The molecule has 0 unspecified atom stereocenters. The first-order chi connectivity index (χ1) is 15.4. The molecule has 1 saturated heterocycles. The third-order valence-electron chi connectivity index (χ3n) is 5.43. The number of hydrogen-bond donors (Lipinski definition) is 0. The first-order valence-electron chi connectivity index (χ1n) is 10.2. The fourth-order valence-corrected chi connectivity index (χ4v) is 5.06. The lowest BCUT2D eigenvalue weighted by Crippen LogP contribution is -2.50. The van der Waals surface area contributed by atoms with Gasteiger partial charge in [-0.3, -0.25) is 9.59 Å². The number of carbonyl (C=O) groups is 1. The molecule has 4 rings (SSSR count). The Kier molecular flexibility index (Phi) is 6.28. The summed E-state index contributed by atoms with van der Waals surface area (Å²) in [4.78, 5) is 26.6. The maximum absolute atomic E-state index is 13.1. The van der Waals surface area contributed by atoms with Crippen molar-refractivity contribution in [3.8, 4) is 0 Å². The summed E-state index contributed by atoms with van der Waals surface area (Å²) in [6.45, 7) is 1.15. The lowest BCUT2D eigenvalue weighted by Gasteiger charge is -2.34. The molecule has 0 atom stereocenters. The van der Waals surface area contributed by atoms with Crippen molar-refractivity contribution in [3.05, 3.63) is 64.7 Å². The summed E-state index contributed by atoms with van der Waals surface area (Å²) in [5, 5.41) is 8.42. The zero-order valence-electron chi connectivity index (χ0n) is 17.2. The van der Waals surface area contributed by atoms with E-state index in [2.05, 4.69) is 10.3 Å². The highest BCUT2D eigenvalue weighted by molar-refractivity contribution is 7.89. The van der Waals surface area contributed by atoms with E-state index in [0.29, 0.717) is 17.3 Å². The summed E-state index contributed by atoms with van der Waals surface area (Å²) in [5.74, 6) is -0.609. The number of rotatable bonds is 6. The Morgan fingerprint density at radius 3 is 2.41 bits per heavy atom. The van der Waals surface area contributed by atoms with Gasteiger partial charge < -0.3 is 4.90 Å². The van der Waals surface area contributed by atoms with Crippen molar-refractivity contribution in [2.75, 3.05) is 26.2 Å². The van der Waals surface area contributed by atoms with E-state index < -0.39 is 15.8 Å². The van der Waals surface area contributed by atoms with Gasteiger partial charge in [0.1, 0.15) is 11.3 Å². The molecule has 32 heavy (non-hydrogen) atoms. The Morgan fingerprint density at radius 2 is 1.69 bits per heavy atom. The third-order valence-corrected chi connectivity index (χ3v) is 7.35. The molecule has 2 aromatic carbocycles. The van der Waals surface area contributed by atoms with Crippen molar-refractivity contribution >= 4 is 26.8 Å². The number of hydrogen-bond acceptors (Lipinski definition) is 6. The monoisotopic (exact) mass is 459 g/mol. The Morgan fingerprint density at radius 1 is 1.00 bits per heavy atom. The minimum Gasteiger partial charge on any atom is -0.340 e. The molecular formula is C21H22FN5O4S. The second-order valence-corrected chi connectivity index (χ2v) is 9.42. The summed E-state index contributed by atoms with van der Waals surface area (Å²) in [5.41, 5.74) is 0.279. The lowest BCUT2D eigenvalue weighted by molar-refractivity contribution is -0.132. The van der Waals surface area contributed by atoms with Gasteiger partial charge in [0, 0.05) is 39.1 Å². The van der Waals surface area contributed by atoms with Crippen LogP contribution in [0, 0.1) is 5.82 Å². The first kappa shape index (κ1) is 22.0. The largest absolute Gasteiger partial charge is 0.340 e. The van der Waals surface area contributed by atoms with Crippen LogP contribution in [-0.2, 0) is 21.4 Å². The average molecular weight is 460 g/mol. The normalized spacial score (nSPS) is 15.2. The summed E-state index contributed by atoms with van der Waals surface area (Å²) < 4.78 is 41.0. The van der Waals surface area contributed by atoms with Gasteiger partial charge in [-0.05, 0) is 42.8 Å². The predicted octanol–water partition coefficient (Wildman–Crippen LogP) is 1.24. The molecule has 0 spiro atoms. The van der Waals surface area contributed by atoms with Crippen LogP contribution in [0.4, 0.5) is 4.39 Å². The van der Waals surface area contributed by atoms with Crippen LogP contribution in [-0.4, -0.2) is 64.7 Å². The number of carbonyl (C=O) groups excluding carboxylic acids is 1. The molecule has 1 aliphatic heterocycles. The smallest absolute Gasteiger partial charge is 0.277 e. The number of aryl methyl sites for hydroxylation is 1. The molecule has 11 heteroatoms. The maximum atomic E-state index is 13.1. The molecule has 0 N–H and O–H groups in total. The van der Waals surface area contributed by atoms with E-state index in [4.69, 9.17) is 0 Å². The summed E-state index contributed by atoms with van der Waals surface area (Å²) in [6.07, 6.45) is 0.630. The zero-order valence-corrected chi connectivity index (χ0v) is 18.0. The highest BCUT2D eigenvalue weighted by Crippen LogP contribution is 2.18. The molecule has 0 bridgehead atoms. The van der Waals surface area contributed by atoms with Gasteiger partial charge in [-0.25, -0.2) is 17.5 Å². The quantitative estimate of drug-likeness (QED) is 0.549. The molecule has 1 aromatic heterocycles. The van der Waals surface area contributed by atoms with Gasteiger partial charge in [-0.15, -0.1) is 5.10 Å². The van der Waals surface area contributed by atoms with Gasteiger partial charge >= 0.3 is 0 Å². The minimum absolute atomic E-state index is 0.0283. The van der Waals surface area contributed by atoms with E-state index in [1.54, 1.807) is 29.2 Å². The van der Waals surface area contributed by atoms with E-state index in [1.165, 1.54) is 21.1 Å². The summed E-state index contributed by atoms with van der Waals surface area (Å²) >= 11 is 0. The number of piperazine rings is 1. The fraction of sp³-hybridized carbons (Fsp3) is 0.333. The topological polar surface area (TPSA) is 105 Å². The van der Waals surface area contributed by atoms with Crippen LogP contribution >= 0.6 is 0 Å². The number of aromatic nitrogens is 3. The van der Waals surface area contributed by atoms with Gasteiger partial charge in [-0.1, -0.05) is 17.3 Å². The van der Waals surface area contributed by atoms with Gasteiger partial charge in [-0.2, -0.15) is 4.31 Å². The second-order valence-electron chi connectivity index (χ2n) is 7.48. The fourth-order valence-electron chi connectivity index (χ4n) is 3.64. The number of nitrogens with zero attached hydrogens (tertiary/aromatic N) is 5. The molecule has 1 fully saturated rings. The third kappa shape index (κ3) is 4.53. The van der Waals surface area contributed by atoms with Crippen LogP contribution < -0.4 is 5.56 Å². The molecule has 0 saturated carbocycles. The van der Waals surface area contributed by atoms with E-state index in [-0.39, 0.29) is 55.5 Å². The van der Waals surface area contributed by atoms with Crippen molar-refractivity contribution in [1.29, 1.82) is 0 Å². The van der Waals surface area contributed by atoms with Gasteiger partial charge in [0.05, 0.1) is 10.3 Å². The molecule has 1 amide bonds. The molecular weight excluding hydrogens is 437 g/mol. The number of amides is 1. The molecule has 1 aliphatic rings. The van der Waals surface area contributed by atoms with Crippen LogP contribution in [0.1, 0.15) is 12.8 Å². The maximum Gasteiger partial charge on any atom is 0.277 e. The van der Waals surface area contributed by atoms with Crippen molar-refractivity contribution in [1.82, 2.24) is 24.2 Å². The lowest BCUT2D eigenvalue weighted by atomic mass is 10.2. The highest BCUT2D eigenvalue weighted by atomic mass is 32.2. The van der Waals surface area contributed by atoms with Crippen LogP contribution in [0.15, 0.2) is 58.2 Å². The summed E-state index contributed by atoms with van der Waals surface area (Å²) in [6, 6.07) is 11.6. The van der Waals surface area contributed by atoms with Crippen molar-refractivity contribution in [3.63, 3.8) is 0 Å². The van der Waals surface area contributed by atoms with E-state index in [9.17, 15) is 22.4 Å². The first-order valence-corrected chi connectivity index (χ1v) is 11.7. The van der Waals surface area contributed by atoms with Gasteiger partial charge in [0.25, 0.3) is 5.56 Å². The van der Waals surface area contributed by atoms with Crippen molar-refractivity contribution in [2.45, 2.75) is 24.3 Å². The molecule has 0 aliphatic carbocycles. The molecule has 0 radical (unpaired) electrons. The average Bonchev–Trinajstić information content (AvgIpc) is 2.81. The Bertz CT molecular complexity index is 1290. The van der Waals surface area contributed by atoms with Crippen molar-refractivity contribution < 1.29 is 17.6 Å². The number of benzene rings is 2. The van der Waals surface area contributed by atoms with Crippen LogP contribution in [0.25, 0.3) is 10.9 Å². The molecule has 2 heterocycles. The van der Waals surface area contributed by atoms with Crippen LogP contribution in [0.2, 0.25) is 0 Å². The van der Waals surface area contributed by atoms with Crippen LogP contribution in [0.5, 0.6) is 0 Å². The Balaban J connectivity index is 1.30. The Labute approximate surface area is 184 Å². The molecule has 9 nitrogen and oxygen atoms in total. The van der Waals surface area contributed by atoms with E-state index >= 15 is 0 Å².